The maximum atomic E-state index is 14.7. The second-order valence-corrected chi connectivity index (χ2v) is 11.5. The van der Waals surface area contributed by atoms with Crippen molar-refractivity contribution in [2.24, 2.45) is 5.92 Å². The second-order valence-electron chi connectivity index (χ2n) is 11.5. The van der Waals surface area contributed by atoms with E-state index in [0.29, 0.717) is 46.1 Å². The van der Waals surface area contributed by atoms with Crippen molar-refractivity contribution in [2.75, 3.05) is 37.8 Å². The van der Waals surface area contributed by atoms with E-state index in [-0.39, 0.29) is 17.6 Å². The Labute approximate surface area is 253 Å². The van der Waals surface area contributed by atoms with Crippen molar-refractivity contribution < 1.29 is 9.18 Å². The van der Waals surface area contributed by atoms with Crippen molar-refractivity contribution in [3.8, 4) is 33.9 Å². The Balaban J connectivity index is 1.21. The third-order valence-electron chi connectivity index (χ3n) is 8.05. The monoisotopic (exact) mass is 589 g/mol. The highest BCUT2D eigenvalue weighted by Gasteiger charge is 2.25. The number of hydrogen-bond donors (Lipinski definition) is 4. The summed E-state index contributed by atoms with van der Waals surface area (Å²) in [6, 6.07) is 14.5. The van der Waals surface area contributed by atoms with Crippen molar-refractivity contribution in [3.63, 3.8) is 0 Å². The Hall–Kier alpha value is -5.16. The molecule has 0 atom stereocenters. The molecule has 5 heterocycles. The van der Waals surface area contributed by atoms with E-state index >= 15 is 0 Å². The third-order valence-corrected chi connectivity index (χ3v) is 8.05. The van der Waals surface area contributed by atoms with Gasteiger partial charge in [0, 0.05) is 59.1 Å². The Morgan fingerprint density at radius 3 is 2.68 bits per heavy atom. The van der Waals surface area contributed by atoms with Gasteiger partial charge in [0.05, 0.1) is 34.5 Å². The minimum atomic E-state index is -0.333. The fraction of sp³-hybridized carbons (Fsp3) is 0.242. The van der Waals surface area contributed by atoms with E-state index in [4.69, 9.17) is 4.98 Å². The van der Waals surface area contributed by atoms with Gasteiger partial charge >= 0.3 is 0 Å². The number of rotatable bonds is 9. The summed E-state index contributed by atoms with van der Waals surface area (Å²) < 4.78 is 14.7. The van der Waals surface area contributed by atoms with Crippen LogP contribution in [0.25, 0.3) is 55.8 Å². The lowest BCUT2D eigenvalue weighted by atomic mass is 9.85. The smallest absolute Gasteiger partial charge is 0.227 e. The largest absolute Gasteiger partial charge is 0.384 e. The molecule has 0 aliphatic heterocycles. The number of carbonyl (C=O) groups is 1. The van der Waals surface area contributed by atoms with Crippen LogP contribution in [-0.2, 0) is 4.79 Å². The average molecular weight is 590 g/mol. The van der Waals surface area contributed by atoms with E-state index < -0.39 is 0 Å². The highest BCUT2D eigenvalue weighted by atomic mass is 19.1. The zero-order valence-electron chi connectivity index (χ0n) is 24.5. The Morgan fingerprint density at radius 1 is 1.00 bits per heavy atom. The Morgan fingerprint density at radius 2 is 1.86 bits per heavy atom. The number of benzene rings is 1. The number of aromatic amines is 2. The molecule has 5 aromatic heterocycles. The lowest BCUT2D eigenvalue weighted by Gasteiger charge is -2.24. The number of fused-ring (bicyclic) bond motifs is 2. The molecule has 0 saturated heterocycles. The molecular formula is C33H32FN9O. The number of amides is 1. The molecule has 1 aliphatic rings. The molecule has 0 bridgehead atoms. The van der Waals surface area contributed by atoms with Crippen molar-refractivity contribution in [2.45, 2.75) is 19.3 Å². The number of pyridine rings is 3. The van der Waals surface area contributed by atoms with Crippen LogP contribution in [0.3, 0.4) is 0 Å². The molecule has 7 rings (SSSR count). The van der Waals surface area contributed by atoms with Gasteiger partial charge in [-0.1, -0.05) is 6.42 Å². The molecule has 44 heavy (non-hydrogen) atoms. The van der Waals surface area contributed by atoms with Gasteiger partial charge in [0.25, 0.3) is 0 Å². The first-order chi connectivity index (χ1) is 21.4. The quantitative estimate of drug-likeness (QED) is 0.161. The molecule has 11 heteroatoms. The van der Waals surface area contributed by atoms with Crippen LogP contribution >= 0.6 is 0 Å². The highest BCUT2D eigenvalue weighted by Crippen LogP contribution is 2.34. The normalized spacial score (nSPS) is 13.5. The predicted octanol–water partition coefficient (Wildman–Crippen LogP) is 6.08. The van der Waals surface area contributed by atoms with E-state index in [1.54, 1.807) is 18.6 Å². The Bertz CT molecular complexity index is 1990. The third kappa shape index (κ3) is 5.49. The van der Waals surface area contributed by atoms with Crippen LogP contribution in [0.4, 0.5) is 15.8 Å². The zero-order chi connectivity index (χ0) is 30.2. The number of carbonyl (C=O) groups excluding carboxylic acids is 1. The standard InChI is InChI=1S/C33H32FN9O/c1-43(2)11-10-36-23-13-20(12-22(34)15-23)30-25-16-29(39-27(25)8-9-37-30)32-31-28(41-42-32)7-6-26(40-31)21-14-24(18-35-17-21)38-33(44)19-4-3-5-19/h6-9,12-19,36,39H,3-5,10-11H2,1-2H3,(H,38,44)(H,41,42). The van der Waals surface area contributed by atoms with Gasteiger partial charge in [0.15, 0.2) is 0 Å². The summed E-state index contributed by atoms with van der Waals surface area (Å²) in [5.41, 5.74) is 7.91. The SMILES string of the molecule is CN(C)CCNc1cc(F)cc(-c2nccc3[nH]c(-c4n[nH]c5ccc(-c6cncc(NC(=O)C7CCC7)c6)nc45)cc23)c1. The zero-order valence-corrected chi connectivity index (χ0v) is 24.5. The van der Waals surface area contributed by atoms with Crippen LogP contribution in [-0.4, -0.2) is 68.1 Å². The number of H-pyrrole nitrogens is 2. The van der Waals surface area contributed by atoms with Gasteiger partial charge in [-0.15, -0.1) is 0 Å². The number of aromatic nitrogens is 6. The average Bonchev–Trinajstić information content (AvgIpc) is 3.59. The lowest BCUT2D eigenvalue weighted by Crippen LogP contribution is -2.28. The predicted molar refractivity (Wildman–Crippen MR) is 171 cm³/mol. The van der Waals surface area contributed by atoms with Crippen LogP contribution < -0.4 is 10.6 Å². The summed E-state index contributed by atoms with van der Waals surface area (Å²) >= 11 is 0. The fourth-order valence-electron chi connectivity index (χ4n) is 5.47. The van der Waals surface area contributed by atoms with E-state index in [0.717, 1.165) is 53.5 Å². The molecule has 0 unspecified atom stereocenters. The highest BCUT2D eigenvalue weighted by molar-refractivity contribution is 5.99. The van der Waals surface area contributed by atoms with Gasteiger partial charge in [0.1, 0.15) is 17.0 Å². The number of anilines is 2. The molecule has 0 spiro atoms. The van der Waals surface area contributed by atoms with Crippen molar-refractivity contribution in [1.29, 1.82) is 0 Å². The molecule has 0 radical (unpaired) electrons. The van der Waals surface area contributed by atoms with Crippen LogP contribution in [0.5, 0.6) is 0 Å². The van der Waals surface area contributed by atoms with Crippen molar-refractivity contribution in [3.05, 3.63) is 72.9 Å². The molecule has 6 aromatic rings. The minimum absolute atomic E-state index is 0.0402. The molecule has 1 aliphatic carbocycles. The maximum absolute atomic E-state index is 14.7. The minimum Gasteiger partial charge on any atom is -0.384 e. The fourth-order valence-corrected chi connectivity index (χ4v) is 5.47. The van der Waals surface area contributed by atoms with Crippen LogP contribution in [0.2, 0.25) is 0 Å². The molecule has 1 saturated carbocycles. The summed E-state index contributed by atoms with van der Waals surface area (Å²) in [7, 11) is 4.00. The number of hydrogen-bond acceptors (Lipinski definition) is 7. The van der Waals surface area contributed by atoms with Crippen LogP contribution in [0.15, 0.2) is 67.1 Å². The summed E-state index contributed by atoms with van der Waals surface area (Å²) in [5, 5.41) is 14.8. The molecule has 222 valence electrons. The lowest BCUT2D eigenvalue weighted by molar-refractivity contribution is -0.122. The molecule has 4 N–H and O–H groups in total. The maximum Gasteiger partial charge on any atom is 0.227 e. The van der Waals surface area contributed by atoms with Gasteiger partial charge in [-0.05, 0) is 75.5 Å². The first-order valence-electron chi connectivity index (χ1n) is 14.7. The molecule has 10 nitrogen and oxygen atoms in total. The van der Waals surface area contributed by atoms with E-state index in [2.05, 4.69) is 40.7 Å². The number of nitrogens with zero attached hydrogens (tertiary/aromatic N) is 5. The summed E-state index contributed by atoms with van der Waals surface area (Å²) in [6.45, 7) is 1.52. The van der Waals surface area contributed by atoms with Crippen LogP contribution in [0.1, 0.15) is 19.3 Å². The number of likely N-dealkylation sites (N-methyl/N-ethyl adjacent to an activating group) is 1. The summed E-state index contributed by atoms with van der Waals surface area (Å²) in [6.07, 6.45) is 8.06. The van der Waals surface area contributed by atoms with E-state index in [9.17, 15) is 9.18 Å². The molecule has 1 amide bonds. The first kappa shape index (κ1) is 27.7. The van der Waals surface area contributed by atoms with Gasteiger partial charge in [-0.25, -0.2) is 9.37 Å². The molecule has 1 aromatic carbocycles. The first-order valence-corrected chi connectivity index (χ1v) is 14.7. The number of nitrogens with one attached hydrogen (secondary N) is 4. The Kier molecular flexibility index (Phi) is 7.23. The topological polar surface area (TPSA) is 128 Å². The molecular weight excluding hydrogens is 557 g/mol. The molecule has 1 fully saturated rings. The van der Waals surface area contributed by atoms with Crippen molar-refractivity contribution >= 4 is 39.2 Å². The second kappa shape index (κ2) is 11.5. The van der Waals surface area contributed by atoms with Gasteiger partial charge < -0.3 is 20.5 Å². The van der Waals surface area contributed by atoms with Gasteiger partial charge in [-0.2, -0.15) is 5.10 Å². The number of halogens is 1. The summed E-state index contributed by atoms with van der Waals surface area (Å²) in [4.78, 5) is 31.9. The van der Waals surface area contributed by atoms with Gasteiger partial charge in [-0.3, -0.25) is 19.9 Å². The van der Waals surface area contributed by atoms with Crippen LogP contribution in [0, 0.1) is 11.7 Å². The van der Waals surface area contributed by atoms with Crippen molar-refractivity contribution in [1.82, 2.24) is 35.0 Å². The van der Waals surface area contributed by atoms with Gasteiger partial charge in [0.2, 0.25) is 5.91 Å². The van der Waals surface area contributed by atoms with E-state index in [1.807, 2.05) is 50.5 Å². The van der Waals surface area contributed by atoms with E-state index in [1.165, 1.54) is 12.1 Å². The summed E-state index contributed by atoms with van der Waals surface area (Å²) in [5.74, 6) is -0.208.